The maximum atomic E-state index is 13.0. The summed E-state index contributed by atoms with van der Waals surface area (Å²) in [5.74, 6) is -0.423. The van der Waals surface area contributed by atoms with Gasteiger partial charge in [-0.2, -0.15) is 0 Å². The molecule has 32 heavy (non-hydrogen) atoms. The van der Waals surface area contributed by atoms with Gasteiger partial charge in [-0.3, -0.25) is 15.1 Å². The Bertz CT molecular complexity index is 1160. The number of alkyl halides is 3. The van der Waals surface area contributed by atoms with Crippen LogP contribution in [-0.2, 0) is 6.54 Å². The highest BCUT2D eigenvalue weighted by atomic mass is 32.1. The van der Waals surface area contributed by atoms with E-state index in [1.807, 2.05) is 4.57 Å². The summed E-state index contributed by atoms with van der Waals surface area (Å²) in [6.45, 7) is 2.34. The number of ketones is 1. The molecule has 0 atom stereocenters. The molecular weight excluding hydrogens is 446 g/mol. The highest BCUT2D eigenvalue weighted by Gasteiger charge is 2.31. The van der Waals surface area contributed by atoms with Crippen LogP contribution < -0.4 is 9.54 Å². The van der Waals surface area contributed by atoms with Gasteiger partial charge in [-0.15, -0.1) is 13.2 Å². The van der Waals surface area contributed by atoms with E-state index in [1.54, 1.807) is 6.07 Å². The van der Waals surface area contributed by atoms with E-state index in [-0.39, 0.29) is 28.7 Å². The fourth-order valence-corrected chi connectivity index (χ4v) is 4.91. The number of thiazole rings is 1. The number of nitrogens with one attached hydrogen (secondary N) is 1. The number of ether oxygens (including phenoxy) is 1. The smallest absolute Gasteiger partial charge is 0.406 e. The molecule has 5 nitrogen and oxygen atoms in total. The average molecular weight is 467 g/mol. The fourth-order valence-electron chi connectivity index (χ4n) is 3.96. The Morgan fingerprint density at radius 2 is 1.81 bits per heavy atom. The van der Waals surface area contributed by atoms with E-state index >= 15 is 0 Å². The van der Waals surface area contributed by atoms with Crippen molar-refractivity contribution in [1.82, 2.24) is 9.47 Å². The highest BCUT2D eigenvalue weighted by molar-refractivity contribution is 7.16. The minimum absolute atomic E-state index is 0.0491. The first kappa shape index (κ1) is 22.5. The Balaban J connectivity index is 1.36. The number of halogens is 4. The molecule has 2 heterocycles. The molecule has 1 aromatic heterocycles. The summed E-state index contributed by atoms with van der Waals surface area (Å²) in [5.41, 5.74) is 1.20. The predicted octanol–water partition coefficient (Wildman–Crippen LogP) is 4.81. The van der Waals surface area contributed by atoms with Crippen molar-refractivity contribution in [2.24, 2.45) is 5.92 Å². The first-order chi connectivity index (χ1) is 15.2. The van der Waals surface area contributed by atoms with Crippen LogP contribution in [0.2, 0.25) is 0 Å². The molecule has 1 saturated heterocycles. The van der Waals surface area contributed by atoms with E-state index in [0.29, 0.717) is 28.2 Å². The van der Waals surface area contributed by atoms with Crippen LogP contribution in [0.4, 0.5) is 17.6 Å². The zero-order chi connectivity index (χ0) is 22.9. The number of Topliss-reactive ketones (excluding diaryl/α,β-unsaturated/α-hetero) is 1. The van der Waals surface area contributed by atoms with E-state index in [2.05, 4.69) is 9.64 Å². The Labute approximate surface area is 185 Å². The number of carbonyl (C=O) groups is 1. The van der Waals surface area contributed by atoms with Crippen molar-refractivity contribution < 1.29 is 27.1 Å². The Kier molecular flexibility index (Phi) is 6.34. The molecule has 1 aliphatic rings. The number of carbonyl (C=O) groups excluding carboxylic acids is 1. The SMILES string of the molecule is N=c1sc2cc(OC(F)(F)F)ccc2n1CC1CCN(CC(=O)c2ccc(F)cc2)CC1. The topological polar surface area (TPSA) is 58.3 Å². The lowest BCUT2D eigenvalue weighted by atomic mass is 9.96. The molecule has 0 saturated carbocycles. The van der Waals surface area contributed by atoms with Gasteiger partial charge < -0.3 is 9.30 Å². The number of likely N-dealkylation sites (tertiary alicyclic amines) is 1. The van der Waals surface area contributed by atoms with Crippen LogP contribution >= 0.6 is 11.3 Å². The summed E-state index contributed by atoms with van der Waals surface area (Å²) in [6.07, 6.45) is -3.07. The van der Waals surface area contributed by atoms with Crippen molar-refractivity contribution in [3.63, 3.8) is 0 Å². The first-order valence-corrected chi connectivity index (χ1v) is 10.9. The van der Waals surface area contributed by atoms with Crippen molar-refractivity contribution >= 4 is 27.3 Å². The van der Waals surface area contributed by atoms with Crippen LogP contribution in [0.25, 0.3) is 10.2 Å². The minimum atomic E-state index is -4.75. The number of hydrogen-bond acceptors (Lipinski definition) is 5. The molecular formula is C22H21F4N3O2S. The Morgan fingerprint density at radius 1 is 1.12 bits per heavy atom. The molecule has 3 aromatic rings. The Morgan fingerprint density at radius 3 is 2.47 bits per heavy atom. The molecule has 170 valence electrons. The number of aromatic nitrogens is 1. The fraction of sp³-hybridized carbons (Fsp3) is 0.364. The number of piperidine rings is 1. The second kappa shape index (κ2) is 9.03. The zero-order valence-electron chi connectivity index (χ0n) is 17.0. The molecule has 0 radical (unpaired) electrons. The van der Waals surface area contributed by atoms with Gasteiger partial charge in [-0.1, -0.05) is 11.3 Å². The molecule has 4 rings (SSSR count). The van der Waals surface area contributed by atoms with E-state index in [9.17, 15) is 22.4 Å². The third kappa shape index (κ3) is 5.36. The third-order valence-corrected chi connectivity index (χ3v) is 6.55. The largest absolute Gasteiger partial charge is 0.573 e. The summed E-state index contributed by atoms with van der Waals surface area (Å²) in [7, 11) is 0. The molecule has 1 aliphatic heterocycles. The van der Waals surface area contributed by atoms with Gasteiger partial charge in [0.2, 0.25) is 0 Å². The van der Waals surface area contributed by atoms with Gasteiger partial charge in [0.15, 0.2) is 10.6 Å². The van der Waals surface area contributed by atoms with Crippen molar-refractivity contribution in [1.29, 1.82) is 5.41 Å². The summed E-state index contributed by atoms with van der Waals surface area (Å²) in [5, 5.41) is 8.25. The molecule has 0 unspecified atom stereocenters. The number of hydrogen-bond donors (Lipinski definition) is 1. The normalized spacial score (nSPS) is 15.9. The van der Waals surface area contributed by atoms with Crippen molar-refractivity contribution in [3.8, 4) is 5.75 Å². The van der Waals surface area contributed by atoms with Gasteiger partial charge in [-0.05, 0) is 74.3 Å². The van der Waals surface area contributed by atoms with Crippen LogP contribution in [0.3, 0.4) is 0 Å². The monoisotopic (exact) mass is 467 g/mol. The number of benzene rings is 2. The van der Waals surface area contributed by atoms with Crippen molar-refractivity contribution in [2.75, 3.05) is 19.6 Å². The van der Waals surface area contributed by atoms with Crippen LogP contribution in [0.5, 0.6) is 5.75 Å². The second-order valence-corrected chi connectivity index (χ2v) is 8.88. The molecule has 10 heteroatoms. The molecule has 0 spiro atoms. The maximum absolute atomic E-state index is 13.0. The van der Waals surface area contributed by atoms with Gasteiger partial charge in [-0.25, -0.2) is 4.39 Å². The van der Waals surface area contributed by atoms with E-state index in [1.165, 1.54) is 36.4 Å². The molecule has 0 aliphatic carbocycles. The summed E-state index contributed by atoms with van der Waals surface area (Å²) in [6, 6.07) is 9.67. The van der Waals surface area contributed by atoms with Gasteiger partial charge >= 0.3 is 6.36 Å². The lowest BCUT2D eigenvalue weighted by molar-refractivity contribution is -0.274. The lowest BCUT2D eigenvalue weighted by Gasteiger charge is -2.31. The van der Waals surface area contributed by atoms with Gasteiger partial charge in [0.25, 0.3) is 0 Å². The van der Waals surface area contributed by atoms with Crippen LogP contribution in [0.1, 0.15) is 23.2 Å². The quantitative estimate of drug-likeness (QED) is 0.418. The second-order valence-electron chi connectivity index (χ2n) is 7.84. The lowest BCUT2D eigenvalue weighted by Crippen LogP contribution is -2.38. The number of nitrogens with zero attached hydrogens (tertiary/aromatic N) is 2. The van der Waals surface area contributed by atoms with Crippen molar-refractivity contribution in [2.45, 2.75) is 25.7 Å². The first-order valence-electron chi connectivity index (χ1n) is 10.1. The number of rotatable bonds is 6. The standard InChI is InChI=1S/C22H21F4N3O2S/c23-16-3-1-15(2-4-16)19(30)13-28-9-7-14(8-10-28)12-29-18-6-5-17(31-22(24,25)26)11-20(18)32-21(29)27/h1-6,11,14,27H,7-10,12-13H2. The number of fused-ring (bicyclic) bond motifs is 1. The highest BCUT2D eigenvalue weighted by Crippen LogP contribution is 2.29. The summed E-state index contributed by atoms with van der Waals surface area (Å²) < 4.78 is 56.8. The van der Waals surface area contributed by atoms with E-state index in [4.69, 9.17) is 5.41 Å². The summed E-state index contributed by atoms with van der Waals surface area (Å²) >= 11 is 1.12. The van der Waals surface area contributed by atoms with Crippen LogP contribution in [0.15, 0.2) is 42.5 Å². The predicted molar refractivity (Wildman–Crippen MR) is 112 cm³/mol. The van der Waals surface area contributed by atoms with Gasteiger partial charge in [0.1, 0.15) is 11.6 Å². The molecule has 0 amide bonds. The molecule has 0 bridgehead atoms. The zero-order valence-corrected chi connectivity index (χ0v) is 17.8. The summed E-state index contributed by atoms with van der Waals surface area (Å²) in [4.78, 5) is 14.7. The van der Waals surface area contributed by atoms with Crippen LogP contribution in [0, 0.1) is 17.1 Å². The van der Waals surface area contributed by atoms with Gasteiger partial charge in [0, 0.05) is 12.1 Å². The molecule has 1 N–H and O–H groups in total. The average Bonchev–Trinajstić information content (AvgIpc) is 3.03. The van der Waals surface area contributed by atoms with Gasteiger partial charge in [0.05, 0.1) is 16.8 Å². The van der Waals surface area contributed by atoms with Crippen molar-refractivity contribution in [3.05, 3.63) is 58.6 Å². The van der Waals surface area contributed by atoms with E-state index in [0.717, 1.165) is 37.3 Å². The van der Waals surface area contributed by atoms with E-state index < -0.39 is 6.36 Å². The molecule has 2 aromatic carbocycles. The Hall–Kier alpha value is -2.72. The minimum Gasteiger partial charge on any atom is -0.406 e. The van der Waals surface area contributed by atoms with Crippen LogP contribution in [-0.4, -0.2) is 41.2 Å². The molecule has 1 fully saturated rings. The third-order valence-electron chi connectivity index (χ3n) is 5.59. The maximum Gasteiger partial charge on any atom is 0.573 e.